The minimum absolute atomic E-state index is 0.0378. The van der Waals surface area contributed by atoms with Crippen molar-refractivity contribution in [3.05, 3.63) is 48.0 Å². The van der Waals surface area contributed by atoms with Gasteiger partial charge in [0.1, 0.15) is 6.04 Å². The summed E-state index contributed by atoms with van der Waals surface area (Å²) in [6.45, 7) is 0. The molecule has 0 aliphatic carbocycles. The maximum Gasteiger partial charge on any atom is 0.186 e. The third-order valence-corrected chi connectivity index (χ3v) is 3.64. The molecule has 1 aromatic rings. The molecule has 0 bridgehead atoms. The fourth-order valence-corrected chi connectivity index (χ4v) is 2.69. The molecule has 1 fully saturated rings. The molecule has 0 radical (unpaired) electrons. The van der Waals surface area contributed by atoms with Crippen LogP contribution in [-0.4, -0.2) is 29.1 Å². The minimum atomic E-state index is -0.335. The van der Waals surface area contributed by atoms with Gasteiger partial charge in [-0.2, -0.15) is 10.4 Å². The van der Waals surface area contributed by atoms with E-state index in [-0.39, 0.29) is 23.8 Å². The van der Waals surface area contributed by atoms with Crippen molar-refractivity contribution >= 4 is 12.0 Å². The summed E-state index contributed by atoms with van der Waals surface area (Å²) >= 11 is 0. The highest BCUT2D eigenvalue weighted by Crippen LogP contribution is 2.33. The average Bonchev–Trinajstić information content (AvgIpc) is 2.86. The first kappa shape index (κ1) is 11.7. The van der Waals surface area contributed by atoms with Gasteiger partial charge in [-0.1, -0.05) is 36.4 Å². The first-order valence-corrected chi connectivity index (χ1v) is 6.29. The number of allylic oxidation sites excluding steroid dienone is 1. The minimum Gasteiger partial charge on any atom is -0.292 e. The maximum atomic E-state index is 12.5. The van der Waals surface area contributed by atoms with Gasteiger partial charge in [-0.25, -0.2) is 0 Å². The highest BCUT2D eigenvalue weighted by atomic mass is 16.1. The smallest absolute Gasteiger partial charge is 0.186 e. The quantitative estimate of drug-likeness (QED) is 0.755. The van der Waals surface area contributed by atoms with E-state index in [2.05, 4.69) is 11.2 Å². The molecule has 3 atom stereocenters. The number of carbonyl (C=O) groups excluding carboxylic acids is 1. The molecule has 4 heteroatoms. The van der Waals surface area contributed by atoms with Crippen LogP contribution >= 0.6 is 0 Å². The lowest BCUT2D eigenvalue weighted by molar-refractivity contribution is 0.0853. The van der Waals surface area contributed by atoms with Crippen LogP contribution in [0.4, 0.5) is 0 Å². The molecule has 19 heavy (non-hydrogen) atoms. The number of ketones is 1. The van der Waals surface area contributed by atoms with E-state index in [0.29, 0.717) is 12.0 Å². The second-order valence-electron chi connectivity index (χ2n) is 4.74. The van der Waals surface area contributed by atoms with Gasteiger partial charge in [0.05, 0.1) is 18.0 Å². The van der Waals surface area contributed by atoms with Crippen molar-refractivity contribution in [2.75, 3.05) is 0 Å². The van der Waals surface area contributed by atoms with E-state index in [4.69, 9.17) is 0 Å². The molecule has 1 aromatic carbocycles. The lowest BCUT2D eigenvalue weighted by Crippen LogP contribution is -2.37. The largest absolute Gasteiger partial charge is 0.292 e. The molecule has 0 saturated carbocycles. The standard InChI is InChI=1S/C15H13N3O/c16-10-12-9-14(18-13(12)7-4-8-17-18)15(19)11-5-2-1-3-6-11/h1-8,12-14H,9H2/t12-,13-,14+/m1/s1. The fourth-order valence-electron chi connectivity index (χ4n) is 2.69. The van der Waals surface area contributed by atoms with Crippen LogP contribution in [0.5, 0.6) is 0 Å². The van der Waals surface area contributed by atoms with Crippen molar-refractivity contribution in [1.82, 2.24) is 5.01 Å². The molecule has 0 unspecified atom stereocenters. The van der Waals surface area contributed by atoms with Gasteiger partial charge in [0.2, 0.25) is 0 Å². The van der Waals surface area contributed by atoms with E-state index in [1.54, 1.807) is 23.4 Å². The lowest BCUT2D eigenvalue weighted by Gasteiger charge is -2.26. The fraction of sp³-hybridized carbons (Fsp3) is 0.267. The van der Waals surface area contributed by atoms with Crippen molar-refractivity contribution in [1.29, 1.82) is 5.26 Å². The number of nitriles is 1. The Kier molecular flexibility index (Phi) is 2.88. The van der Waals surface area contributed by atoms with Crippen molar-refractivity contribution in [3.63, 3.8) is 0 Å². The number of rotatable bonds is 2. The van der Waals surface area contributed by atoms with Gasteiger partial charge in [0, 0.05) is 11.8 Å². The van der Waals surface area contributed by atoms with Crippen molar-refractivity contribution in [2.45, 2.75) is 18.5 Å². The number of hydrazone groups is 1. The Morgan fingerprint density at radius 3 is 2.89 bits per heavy atom. The van der Waals surface area contributed by atoms with E-state index in [0.717, 1.165) is 0 Å². The zero-order valence-electron chi connectivity index (χ0n) is 10.3. The van der Waals surface area contributed by atoms with Gasteiger partial charge in [-0.05, 0) is 12.5 Å². The Labute approximate surface area is 111 Å². The van der Waals surface area contributed by atoms with Crippen molar-refractivity contribution in [3.8, 4) is 6.07 Å². The van der Waals surface area contributed by atoms with E-state index in [1.807, 2.05) is 30.4 Å². The Balaban J connectivity index is 1.90. The topological polar surface area (TPSA) is 56.5 Å². The van der Waals surface area contributed by atoms with Gasteiger partial charge in [-0.3, -0.25) is 9.80 Å². The van der Waals surface area contributed by atoms with Crippen molar-refractivity contribution < 1.29 is 4.79 Å². The number of hydrogen-bond acceptors (Lipinski definition) is 4. The highest BCUT2D eigenvalue weighted by Gasteiger charge is 2.43. The Morgan fingerprint density at radius 2 is 2.16 bits per heavy atom. The van der Waals surface area contributed by atoms with Crippen LogP contribution in [-0.2, 0) is 0 Å². The summed E-state index contributed by atoms with van der Waals surface area (Å²) in [5.74, 6) is -0.137. The SMILES string of the molecule is N#C[C@H]1C[C@@H](C(=O)c2ccccc2)N2N=CC=C[C@H]12. The summed E-state index contributed by atoms with van der Waals surface area (Å²) in [7, 11) is 0. The van der Waals surface area contributed by atoms with Crippen LogP contribution < -0.4 is 0 Å². The van der Waals surface area contributed by atoms with E-state index in [9.17, 15) is 10.1 Å². The molecule has 0 N–H and O–H groups in total. The number of hydrogen-bond donors (Lipinski definition) is 0. The summed E-state index contributed by atoms with van der Waals surface area (Å²) in [6.07, 6.45) is 5.98. The molecule has 94 valence electrons. The summed E-state index contributed by atoms with van der Waals surface area (Å²) in [6, 6.07) is 11.1. The Bertz CT molecular complexity index is 585. The maximum absolute atomic E-state index is 12.5. The Morgan fingerprint density at radius 1 is 1.37 bits per heavy atom. The molecule has 2 heterocycles. The summed E-state index contributed by atoms with van der Waals surface area (Å²) in [4.78, 5) is 12.5. The zero-order valence-corrected chi connectivity index (χ0v) is 10.3. The molecule has 0 aromatic heterocycles. The summed E-state index contributed by atoms with van der Waals surface area (Å²) in [5.41, 5.74) is 0.676. The van der Waals surface area contributed by atoms with Gasteiger partial charge in [0.25, 0.3) is 0 Å². The number of benzene rings is 1. The van der Waals surface area contributed by atoms with Crippen LogP contribution in [0.15, 0.2) is 47.6 Å². The number of Topliss-reactive ketones (excluding diaryl/α,β-unsaturated/α-hetero) is 1. The molecule has 1 saturated heterocycles. The molecule has 4 nitrogen and oxygen atoms in total. The van der Waals surface area contributed by atoms with E-state index in [1.165, 1.54) is 0 Å². The predicted octanol–water partition coefficient (Wildman–Crippen LogP) is 2.01. The second kappa shape index (κ2) is 4.69. The van der Waals surface area contributed by atoms with E-state index >= 15 is 0 Å². The third-order valence-electron chi connectivity index (χ3n) is 3.64. The van der Waals surface area contributed by atoms with Crippen LogP contribution in [0.25, 0.3) is 0 Å². The lowest BCUT2D eigenvalue weighted by atomic mass is 9.97. The molecule has 3 rings (SSSR count). The molecular weight excluding hydrogens is 238 g/mol. The molecular formula is C15H13N3O. The van der Waals surface area contributed by atoms with Crippen LogP contribution in [0.3, 0.4) is 0 Å². The van der Waals surface area contributed by atoms with Gasteiger partial charge >= 0.3 is 0 Å². The summed E-state index contributed by atoms with van der Waals surface area (Å²) in [5, 5.41) is 15.2. The third kappa shape index (κ3) is 1.93. The van der Waals surface area contributed by atoms with Crippen LogP contribution in [0.1, 0.15) is 16.8 Å². The molecule has 2 aliphatic heterocycles. The van der Waals surface area contributed by atoms with Gasteiger partial charge in [-0.15, -0.1) is 0 Å². The number of nitrogens with zero attached hydrogens (tertiary/aromatic N) is 3. The van der Waals surface area contributed by atoms with Crippen molar-refractivity contribution in [2.24, 2.45) is 11.0 Å². The predicted molar refractivity (Wildman–Crippen MR) is 71.5 cm³/mol. The first-order valence-electron chi connectivity index (χ1n) is 6.29. The summed E-state index contributed by atoms with van der Waals surface area (Å²) < 4.78 is 0. The monoisotopic (exact) mass is 251 g/mol. The highest BCUT2D eigenvalue weighted by molar-refractivity contribution is 6.00. The first-order chi connectivity index (χ1) is 9.31. The average molecular weight is 251 g/mol. The van der Waals surface area contributed by atoms with Crippen LogP contribution in [0.2, 0.25) is 0 Å². The normalized spacial score (nSPS) is 27.9. The molecule has 0 spiro atoms. The second-order valence-corrected chi connectivity index (χ2v) is 4.74. The Hall–Kier alpha value is -2.41. The van der Waals surface area contributed by atoms with Gasteiger partial charge in [0.15, 0.2) is 5.78 Å². The zero-order chi connectivity index (χ0) is 13.2. The number of fused-ring (bicyclic) bond motifs is 1. The molecule has 2 aliphatic rings. The number of carbonyl (C=O) groups is 1. The van der Waals surface area contributed by atoms with Crippen LogP contribution in [0, 0.1) is 17.2 Å². The van der Waals surface area contributed by atoms with E-state index < -0.39 is 0 Å². The van der Waals surface area contributed by atoms with Gasteiger partial charge < -0.3 is 0 Å². The molecule has 0 amide bonds.